The van der Waals surface area contributed by atoms with Crippen molar-refractivity contribution in [3.63, 3.8) is 0 Å². The Balaban J connectivity index is 2.02. The summed E-state index contributed by atoms with van der Waals surface area (Å²) in [6, 6.07) is 13.2. The third-order valence-corrected chi connectivity index (χ3v) is 3.24. The third kappa shape index (κ3) is 4.03. The highest BCUT2D eigenvalue weighted by molar-refractivity contribution is 5.55. The maximum Gasteiger partial charge on any atom is 0.274 e. The first kappa shape index (κ1) is 15.0. The second kappa shape index (κ2) is 6.85. The van der Waals surface area contributed by atoms with E-state index in [1.165, 1.54) is 0 Å². The summed E-state index contributed by atoms with van der Waals surface area (Å²) < 4.78 is 5.06. The minimum absolute atomic E-state index is 0.135. The standard InChI is InChI=1S/C16H18N2O3/c1-12-3-8-15(9-16(12)18(19)20)17-10-13-4-6-14(7-5-13)11-21-2/h3-9,17H,10-11H2,1-2H3. The molecule has 1 N–H and O–H groups in total. The summed E-state index contributed by atoms with van der Waals surface area (Å²) in [6.45, 7) is 2.95. The number of rotatable bonds is 6. The number of nitro groups is 1. The first-order chi connectivity index (χ1) is 10.1. The van der Waals surface area contributed by atoms with Crippen molar-refractivity contribution in [1.29, 1.82) is 0 Å². The van der Waals surface area contributed by atoms with Gasteiger partial charge in [0.15, 0.2) is 0 Å². The molecule has 0 aliphatic carbocycles. The fraction of sp³-hybridized carbons (Fsp3) is 0.250. The van der Waals surface area contributed by atoms with Crippen LogP contribution < -0.4 is 5.32 Å². The number of nitro benzene ring substituents is 1. The van der Waals surface area contributed by atoms with E-state index in [0.29, 0.717) is 18.7 Å². The highest BCUT2D eigenvalue weighted by Gasteiger charge is 2.10. The fourth-order valence-corrected chi connectivity index (χ4v) is 2.04. The van der Waals surface area contributed by atoms with Gasteiger partial charge in [-0.1, -0.05) is 30.3 Å². The molecule has 0 spiro atoms. The van der Waals surface area contributed by atoms with Crippen LogP contribution in [-0.4, -0.2) is 12.0 Å². The van der Waals surface area contributed by atoms with Crippen molar-refractivity contribution in [3.05, 3.63) is 69.3 Å². The average molecular weight is 286 g/mol. The lowest BCUT2D eigenvalue weighted by Crippen LogP contribution is -2.01. The van der Waals surface area contributed by atoms with Gasteiger partial charge in [-0.25, -0.2) is 0 Å². The van der Waals surface area contributed by atoms with Gasteiger partial charge in [-0.05, 0) is 24.1 Å². The summed E-state index contributed by atoms with van der Waals surface area (Å²) in [5.74, 6) is 0. The molecule has 2 rings (SSSR count). The molecule has 0 aliphatic rings. The summed E-state index contributed by atoms with van der Waals surface area (Å²) >= 11 is 0. The van der Waals surface area contributed by atoms with Crippen LogP contribution in [0, 0.1) is 17.0 Å². The van der Waals surface area contributed by atoms with E-state index in [1.54, 1.807) is 26.2 Å². The zero-order chi connectivity index (χ0) is 15.2. The summed E-state index contributed by atoms with van der Waals surface area (Å²) in [5, 5.41) is 14.1. The smallest absolute Gasteiger partial charge is 0.274 e. The molecular weight excluding hydrogens is 268 g/mol. The molecule has 5 nitrogen and oxygen atoms in total. The molecule has 0 aliphatic heterocycles. The van der Waals surface area contributed by atoms with E-state index in [4.69, 9.17) is 4.74 Å². The van der Waals surface area contributed by atoms with Crippen molar-refractivity contribution in [1.82, 2.24) is 0 Å². The average Bonchev–Trinajstić information content (AvgIpc) is 2.48. The molecule has 0 aromatic heterocycles. The van der Waals surface area contributed by atoms with Crippen LogP contribution in [0.25, 0.3) is 0 Å². The summed E-state index contributed by atoms with van der Waals surface area (Å²) in [7, 11) is 1.67. The molecule has 21 heavy (non-hydrogen) atoms. The number of hydrogen-bond donors (Lipinski definition) is 1. The number of methoxy groups -OCH3 is 1. The molecule has 0 unspecified atom stereocenters. The predicted octanol–water partition coefficient (Wildman–Crippen LogP) is 3.66. The van der Waals surface area contributed by atoms with Gasteiger partial charge in [0, 0.05) is 31.0 Å². The number of benzene rings is 2. The summed E-state index contributed by atoms with van der Waals surface area (Å²) in [5.41, 5.74) is 3.77. The Morgan fingerprint density at radius 3 is 2.43 bits per heavy atom. The fourth-order valence-electron chi connectivity index (χ4n) is 2.04. The van der Waals surface area contributed by atoms with Gasteiger partial charge in [-0.3, -0.25) is 10.1 Å². The SMILES string of the molecule is COCc1ccc(CNc2ccc(C)c([N+](=O)[O-])c2)cc1. The number of aryl methyl sites for hydroxylation is 1. The van der Waals surface area contributed by atoms with Crippen LogP contribution in [0.5, 0.6) is 0 Å². The van der Waals surface area contributed by atoms with E-state index < -0.39 is 0 Å². The second-order valence-electron chi connectivity index (χ2n) is 4.86. The Labute approximate surface area is 123 Å². The van der Waals surface area contributed by atoms with Gasteiger partial charge < -0.3 is 10.1 Å². The zero-order valence-electron chi connectivity index (χ0n) is 12.1. The highest BCUT2D eigenvalue weighted by Crippen LogP contribution is 2.22. The van der Waals surface area contributed by atoms with Crippen molar-refractivity contribution < 1.29 is 9.66 Å². The van der Waals surface area contributed by atoms with Gasteiger partial charge in [0.05, 0.1) is 11.5 Å². The Bertz CT molecular complexity index is 624. The minimum atomic E-state index is -0.361. The number of nitrogens with zero attached hydrogens (tertiary/aromatic N) is 1. The van der Waals surface area contributed by atoms with Crippen LogP contribution >= 0.6 is 0 Å². The van der Waals surface area contributed by atoms with E-state index in [-0.39, 0.29) is 10.6 Å². The molecule has 0 amide bonds. The summed E-state index contributed by atoms with van der Waals surface area (Å²) in [4.78, 5) is 10.6. The van der Waals surface area contributed by atoms with Crippen LogP contribution in [-0.2, 0) is 17.9 Å². The second-order valence-corrected chi connectivity index (χ2v) is 4.86. The van der Waals surface area contributed by atoms with Crippen LogP contribution in [0.1, 0.15) is 16.7 Å². The van der Waals surface area contributed by atoms with E-state index in [9.17, 15) is 10.1 Å². The lowest BCUT2D eigenvalue weighted by Gasteiger charge is -2.08. The molecule has 0 fully saturated rings. The first-order valence-electron chi connectivity index (χ1n) is 6.66. The Morgan fingerprint density at radius 1 is 1.14 bits per heavy atom. The van der Waals surface area contributed by atoms with Crippen LogP contribution in [0.15, 0.2) is 42.5 Å². The van der Waals surface area contributed by atoms with Crippen LogP contribution in [0.3, 0.4) is 0 Å². The van der Waals surface area contributed by atoms with Crippen molar-refractivity contribution in [2.24, 2.45) is 0 Å². The number of hydrogen-bond acceptors (Lipinski definition) is 4. The maximum absolute atomic E-state index is 10.9. The van der Waals surface area contributed by atoms with E-state index >= 15 is 0 Å². The number of ether oxygens (including phenoxy) is 1. The molecule has 0 bridgehead atoms. The largest absolute Gasteiger partial charge is 0.381 e. The molecule has 0 saturated carbocycles. The lowest BCUT2D eigenvalue weighted by atomic mass is 10.1. The van der Waals surface area contributed by atoms with Crippen molar-refractivity contribution in [3.8, 4) is 0 Å². The topological polar surface area (TPSA) is 64.4 Å². The van der Waals surface area contributed by atoms with Gasteiger partial charge in [-0.15, -0.1) is 0 Å². The minimum Gasteiger partial charge on any atom is -0.381 e. The third-order valence-electron chi connectivity index (χ3n) is 3.24. The normalized spacial score (nSPS) is 10.4. The van der Waals surface area contributed by atoms with Gasteiger partial charge in [0.25, 0.3) is 5.69 Å². The van der Waals surface area contributed by atoms with Gasteiger partial charge in [0.2, 0.25) is 0 Å². The molecule has 2 aromatic rings. The highest BCUT2D eigenvalue weighted by atomic mass is 16.6. The van der Waals surface area contributed by atoms with Crippen molar-refractivity contribution in [2.45, 2.75) is 20.1 Å². The monoisotopic (exact) mass is 286 g/mol. The Hall–Kier alpha value is -2.40. The van der Waals surface area contributed by atoms with E-state index in [2.05, 4.69) is 5.32 Å². The van der Waals surface area contributed by atoms with Gasteiger partial charge >= 0.3 is 0 Å². The van der Waals surface area contributed by atoms with E-state index in [1.807, 2.05) is 30.3 Å². The molecule has 110 valence electrons. The lowest BCUT2D eigenvalue weighted by molar-refractivity contribution is -0.385. The van der Waals surface area contributed by atoms with Crippen molar-refractivity contribution in [2.75, 3.05) is 12.4 Å². The van der Waals surface area contributed by atoms with Crippen LogP contribution in [0.4, 0.5) is 11.4 Å². The number of anilines is 1. The van der Waals surface area contributed by atoms with E-state index in [0.717, 1.165) is 16.8 Å². The molecule has 5 heteroatoms. The first-order valence-corrected chi connectivity index (χ1v) is 6.66. The zero-order valence-corrected chi connectivity index (χ0v) is 12.1. The van der Waals surface area contributed by atoms with Crippen LogP contribution in [0.2, 0.25) is 0 Å². The molecule has 2 aromatic carbocycles. The quantitative estimate of drug-likeness (QED) is 0.650. The molecule has 0 radical (unpaired) electrons. The van der Waals surface area contributed by atoms with Gasteiger partial charge in [-0.2, -0.15) is 0 Å². The Kier molecular flexibility index (Phi) is 4.90. The molecule has 0 saturated heterocycles. The maximum atomic E-state index is 10.9. The molecule has 0 heterocycles. The predicted molar refractivity (Wildman–Crippen MR) is 82.3 cm³/mol. The van der Waals surface area contributed by atoms with Crippen molar-refractivity contribution >= 4 is 11.4 Å². The summed E-state index contributed by atoms with van der Waals surface area (Å²) in [6.07, 6.45) is 0. The molecule has 0 atom stereocenters. The molecular formula is C16H18N2O3. The number of nitrogens with one attached hydrogen (secondary N) is 1. The Morgan fingerprint density at radius 2 is 1.81 bits per heavy atom. The van der Waals surface area contributed by atoms with Gasteiger partial charge in [0.1, 0.15) is 0 Å².